The lowest BCUT2D eigenvalue weighted by atomic mass is 9.95. The van der Waals surface area contributed by atoms with Crippen LogP contribution in [0, 0.1) is 6.92 Å². The Kier molecular flexibility index (Phi) is 5.91. The number of aromatic nitrogens is 1. The van der Waals surface area contributed by atoms with Crippen molar-refractivity contribution >= 4 is 0 Å². The standard InChI is InChI=1S/C28H21NO2.CH4/c1-19-10-8-17-24(25(19)22-15-9-16-23(30)18-22)28-29-26(20-11-4-2-5-12-20)27(31-28)21-13-6-3-7-14-21;/h2-18,30H,1H3;1H4. The van der Waals surface area contributed by atoms with Crippen LogP contribution in [0.4, 0.5) is 0 Å². The van der Waals surface area contributed by atoms with E-state index >= 15 is 0 Å². The summed E-state index contributed by atoms with van der Waals surface area (Å²) >= 11 is 0. The van der Waals surface area contributed by atoms with Crippen molar-refractivity contribution < 1.29 is 9.52 Å². The van der Waals surface area contributed by atoms with E-state index in [0.29, 0.717) is 5.89 Å². The molecule has 0 bridgehead atoms. The van der Waals surface area contributed by atoms with Crippen molar-refractivity contribution in [2.45, 2.75) is 14.4 Å². The van der Waals surface area contributed by atoms with Gasteiger partial charge in [0.1, 0.15) is 11.4 Å². The van der Waals surface area contributed by atoms with E-state index in [2.05, 4.69) is 13.0 Å². The van der Waals surface area contributed by atoms with Crippen LogP contribution in [-0.4, -0.2) is 10.1 Å². The molecule has 0 saturated carbocycles. The van der Waals surface area contributed by atoms with Crippen LogP contribution in [0.3, 0.4) is 0 Å². The van der Waals surface area contributed by atoms with Gasteiger partial charge >= 0.3 is 0 Å². The maximum Gasteiger partial charge on any atom is 0.228 e. The van der Waals surface area contributed by atoms with Crippen LogP contribution in [-0.2, 0) is 0 Å². The van der Waals surface area contributed by atoms with E-state index in [1.54, 1.807) is 12.1 Å². The number of rotatable bonds is 4. The maximum absolute atomic E-state index is 10.0. The maximum atomic E-state index is 10.0. The van der Waals surface area contributed by atoms with Crippen LogP contribution >= 0.6 is 0 Å². The SMILES string of the molecule is C.Cc1cccc(-c2nc(-c3ccccc3)c(-c3ccccc3)o2)c1-c1cccc(O)c1. The van der Waals surface area contributed by atoms with Gasteiger partial charge in [-0.05, 0) is 41.8 Å². The Bertz CT molecular complexity index is 1280. The van der Waals surface area contributed by atoms with Crippen LogP contribution in [0.25, 0.3) is 45.2 Å². The van der Waals surface area contributed by atoms with Crippen molar-refractivity contribution in [2.75, 3.05) is 0 Å². The second-order valence-electron chi connectivity index (χ2n) is 7.48. The zero-order valence-electron chi connectivity index (χ0n) is 17.1. The van der Waals surface area contributed by atoms with Gasteiger partial charge in [0.05, 0.1) is 0 Å². The number of phenolic OH excluding ortho intramolecular Hbond substituents is 1. The minimum absolute atomic E-state index is 0. The molecule has 158 valence electrons. The Labute approximate surface area is 188 Å². The molecule has 0 aliphatic rings. The molecule has 1 aromatic heterocycles. The summed E-state index contributed by atoms with van der Waals surface area (Å²) in [6.07, 6.45) is 0. The molecule has 0 aliphatic heterocycles. The number of hydrogen-bond acceptors (Lipinski definition) is 3. The molecule has 1 heterocycles. The lowest BCUT2D eigenvalue weighted by Gasteiger charge is -2.11. The summed E-state index contributed by atoms with van der Waals surface area (Å²) in [6, 6.07) is 33.5. The largest absolute Gasteiger partial charge is 0.508 e. The third-order valence-corrected chi connectivity index (χ3v) is 5.35. The van der Waals surface area contributed by atoms with Crippen molar-refractivity contribution in [1.82, 2.24) is 4.98 Å². The van der Waals surface area contributed by atoms with Gasteiger partial charge < -0.3 is 9.52 Å². The van der Waals surface area contributed by atoms with Crippen LogP contribution in [0.5, 0.6) is 5.75 Å². The third-order valence-electron chi connectivity index (χ3n) is 5.35. The summed E-state index contributed by atoms with van der Waals surface area (Å²) in [4.78, 5) is 4.95. The second kappa shape index (κ2) is 8.94. The zero-order chi connectivity index (χ0) is 21.2. The molecule has 0 unspecified atom stereocenters. The number of aryl methyl sites for hydroxylation is 1. The summed E-state index contributed by atoms with van der Waals surface area (Å²) in [6.45, 7) is 2.06. The molecule has 0 amide bonds. The number of benzene rings is 4. The molecule has 0 radical (unpaired) electrons. The fourth-order valence-corrected chi connectivity index (χ4v) is 3.90. The zero-order valence-corrected chi connectivity index (χ0v) is 17.1. The van der Waals surface area contributed by atoms with Crippen molar-refractivity contribution in [1.29, 1.82) is 0 Å². The fourth-order valence-electron chi connectivity index (χ4n) is 3.90. The van der Waals surface area contributed by atoms with E-state index in [-0.39, 0.29) is 13.2 Å². The fraction of sp³-hybridized carbons (Fsp3) is 0.0690. The highest BCUT2D eigenvalue weighted by Crippen LogP contribution is 2.40. The molecule has 1 N–H and O–H groups in total. The molecule has 0 saturated heterocycles. The Morgan fingerprint density at radius 2 is 1.31 bits per heavy atom. The van der Waals surface area contributed by atoms with Crippen molar-refractivity contribution in [3.63, 3.8) is 0 Å². The highest BCUT2D eigenvalue weighted by atomic mass is 16.4. The average molecular weight is 420 g/mol. The van der Waals surface area contributed by atoms with Crippen molar-refractivity contribution in [2.24, 2.45) is 0 Å². The Morgan fingerprint density at radius 3 is 2.00 bits per heavy atom. The van der Waals surface area contributed by atoms with Gasteiger partial charge in [0, 0.05) is 16.7 Å². The van der Waals surface area contributed by atoms with Gasteiger partial charge in [0.2, 0.25) is 5.89 Å². The summed E-state index contributed by atoms with van der Waals surface area (Å²) in [5.41, 5.74) is 6.70. The van der Waals surface area contributed by atoms with Crippen LogP contribution in [0.1, 0.15) is 13.0 Å². The summed E-state index contributed by atoms with van der Waals surface area (Å²) in [5, 5.41) is 10.0. The normalized spacial score (nSPS) is 10.5. The number of phenols is 1. The smallest absolute Gasteiger partial charge is 0.228 e. The molecule has 4 aromatic carbocycles. The molecule has 0 aliphatic carbocycles. The van der Waals surface area contributed by atoms with E-state index in [4.69, 9.17) is 9.40 Å². The van der Waals surface area contributed by atoms with Gasteiger partial charge in [0.25, 0.3) is 0 Å². The molecular weight excluding hydrogens is 394 g/mol. The third kappa shape index (κ3) is 3.93. The first-order chi connectivity index (χ1) is 15.2. The van der Waals surface area contributed by atoms with Crippen molar-refractivity contribution in [3.8, 4) is 50.9 Å². The van der Waals surface area contributed by atoms with Gasteiger partial charge in [-0.2, -0.15) is 0 Å². The first kappa shape index (κ1) is 21.1. The first-order valence-corrected chi connectivity index (χ1v) is 10.2. The monoisotopic (exact) mass is 419 g/mol. The molecule has 5 rings (SSSR count). The number of hydrogen-bond donors (Lipinski definition) is 1. The van der Waals surface area contributed by atoms with Crippen molar-refractivity contribution in [3.05, 3.63) is 109 Å². The summed E-state index contributed by atoms with van der Waals surface area (Å²) in [5.74, 6) is 1.53. The topological polar surface area (TPSA) is 46.3 Å². The number of oxazole rings is 1. The quantitative estimate of drug-likeness (QED) is 0.321. The van der Waals surface area contributed by atoms with E-state index < -0.39 is 0 Å². The summed E-state index contributed by atoms with van der Waals surface area (Å²) < 4.78 is 6.42. The Morgan fingerprint density at radius 1 is 0.688 bits per heavy atom. The Hall–Kier alpha value is -4.11. The van der Waals surface area contributed by atoms with E-state index in [0.717, 1.165) is 44.8 Å². The summed E-state index contributed by atoms with van der Waals surface area (Å²) in [7, 11) is 0. The molecule has 0 spiro atoms. The lowest BCUT2D eigenvalue weighted by molar-refractivity contribution is 0.475. The van der Waals surface area contributed by atoms with Crippen LogP contribution < -0.4 is 0 Å². The predicted molar refractivity (Wildman–Crippen MR) is 131 cm³/mol. The molecular formula is C29H25NO2. The van der Waals surface area contributed by atoms with Gasteiger partial charge in [-0.1, -0.05) is 92.4 Å². The molecule has 32 heavy (non-hydrogen) atoms. The molecule has 3 heteroatoms. The molecule has 0 atom stereocenters. The van der Waals surface area contributed by atoms with Gasteiger partial charge in [-0.25, -0.2) is 4.98 Å². The first-order valence-electron chi connectivity index (χ1n) is 10.2. The minimum Gasteiger partial charge on any atom is -0.508 e. The molecule has 5 aromatic rings. The average Bonchev–Trinajstić information content (AvgIpc) is 3.25. The highest BCUT2D eigenvalue weighted by Gasteiger charge is 2.21. The van der Waals surface area contributed by atoms with Gasteiger partial charge in [-0.3, -0.25) is 0 Å². The van der Waals surface area contributed by atoms with Gasteiger partial charge in [0.15, 0.2) is 5.76 Å². The van der Waals surface area contributed by atoms with Crippen LogP contribution in [0.15, 0.2) is 108 Å². The number of aromatic hydroxyl groups is 1. The predicted octanol–water partition coefficient (Wildman–Crippen LogP) is 7.99. The minimum atomic E-state index is 0. The second-order valence-corrected chi connectivity index (χ2v) is 7.48. The van der Waals surface area contributed by atoms with Crippen LogP contribution in [0.2, 0.25) is 0 Å². The Balaban J connectivity index is 0.00000245. The van der Waals surface area contributed by atoms with Gasteiger partial charge in [-0.15, -0.1) is 0 Å². The van der Waals surface area contributed by atoms with E-state index in [1.807, 2.05) is 84.9 Å². The van der Waals surface area contributed by atoms with E-state index in [1.165, 1.54) is 0 Å². The lowest BCUT2D eigenvalue weighted by Crippen LogP contribution is -1.89. The highest BCUT2D eigenvalue weighted by molar-refractivity contribution is 5.86. The molecule has 0 fully saturated rings. The molecule has 3 nitrogen and oxygen atoms in total. The number of nitrogens with zero attached hydrogens (tertiary/aromatic N) is 1. The van der Waals surface area contributed by atoms with E-state index in [9.17, 15) is 5.11 Å².